The number of sulfonamides is 1. The second kappa shape index (κ2) is 7.84. The van der Waals surface area contributed by atoms with E-state index in [9.17, 15) is 13.2 Å². The highest BCUT2D eigenvalue weighted by molar-refractivity contribution is 7.89. The van der Waals surface area contributed by atoms with Crippen molar-refractivity contribution < 1.29 is 13.2 Å². The topological polar surface area (TPSA) is 86.7 Å². The molecule has 4 rings (SSSR count). The number of hydrogen-bond donors (Lipinski definition) is 0. The van der Waals surface area contributed by atoms with Crippen LogP contribution in [-0.2, 0) is 10.0 Å². The van der Waals surface area contributed by atoms with Crippen LogP contribution in [0.4, 0.5) is 5.95 Å². The summed E-state index contributed by atoms with van der Waals surface area (Å²) < 4.78 is 27.4. The monoisotopic (exact) mass is 401 g/mol. The van der Waals surface area contributed by atoms with Gasteiger partial charge >= 0.3 is 0 Å². The van der Waals surface area contributed by atoms with Crippen LogP contribution in [0.5, 0.6) is 0 Å². The van der Waals surface area contributed by atoms with E-state index in [-0.39, 0.29) is 10.8 Å². The largest absolute Gasteiger partial charge is 0.339 e. The number of aromatic nitrogens is 2. The lowest BCUT2D eigenvalue weighted by Gasteiger charge is -2.33. The van der Waals surface area contributed by atoms with E-state index in [0.29, 0.717) is 37.7 Å². The number of hydrogen-bond acceptors (Lipinski definition) is 6. The first-order valence-electron chi connectivity index (χ1n) is 9.47. The molecule has 0 unspecified atom stereocenters. The Balaban J connectivity index is 1.43. The fraction of sp³-hybridized carbons (Fsp3) is 0.421. The van der Waals surface area contributed by atoms with Crippen molar-refractivity contribution in [2.45, 2.75) is 17.7 Å². The van der Waals surface area contributed by atoms with Gasteiger partial charge in [-0.2, -0.15) is 4.31 Å². The number of rotatable bonds is 4. The van der Waals surface area contributed by atoms with Gasteiger partial charge in [0.1, 0.15) is 0 Å². The standard InChI is InChI=1S/C19H23N5O3S/c25-18(22-10-1-2-11-22)16-4-6-17(7-5-16)28(26,27)24-14-12-23(13-15-24)19-20-8-3-9-21-19/h3-9H,1-2,10-15H2. The van der Waals surface area contributed by atoms with Gasteiger partial charge < -0.3 is 9.80 Å². The molecule has 0 saturated carbocycles. The van der Waals surface area contributed by atoms with Crippen LogP contribution in [-0.4, -0.2) is 72.8 Å². The van der Waals surface area contributed by atoms with Crippen LogP contribution >= 0.6 is 0 Å². The molecule has 8 nitrogen and oxygen atoms in total. The zero-order valence-electron chi connectivity index (χ0n) is 15.6. The smallest absolute Gasteiger partial charge is 0.253 e. The molecule has 1 amide bonds. The van der Waals surface area contributed by atoms with Gasteiger partial charge in [0.2, 0.25) is 16.0 Å². The molecule has 1 aromatic heterocycles. The quantitative estimate of drug-likeness (QED) is 0.766. The van der Waals surface area contributed by atoms with Crippen molar-refractivity contribution in [3.8, 4) is 0 Å². The molecule has 1 aromatic carbocycles. The Hall–Kier alpha value is -2.52. The molecule has 0 N–H and O–H groups in total. The minimum absolute atomic E-state index is 0.0297. The van der Waals surface area contributed by atoms with Gasteiger partial charge in [-0.05, 0) is 43.2 Å². The Bertz CT molecular complexity index is 920. The molecule has 2 saturated heterocycles. The van der Waals surface area contributed by atoms with Crippen molar-refractivity contribution in [3.63, 3.8) is 0 Å². The van der Waals surface area contributed by atoms with Gasteiger partial charge in [-0.15, -0.1) is 0 Å². The summed E-state index contributed by atoms with van der Waals surface area (Å²) in [6.45, 7) is 3.36. The normalized spacial score (nSPS) is 18.4. The summed E-state index contributed by atoms with van der Waals surface area (Å²) in [6, 6.07) is 8.04. The van der Waals surface area contributed by atoms with Gasteiger partial charge in [0.05, 0.1) is 4.90 Å². The van der Waals surface area contributed by atoms with Crippen LogP contribution in [0.15, 0.2) is 47.6 Å². The summed E-state index contributed by atoms with van der Waals surface area (Å²) in [5, 5.41) is 0. The van der Waals surface area contributed by atoms with Crippen molar-refractivity contribution in [2.24, 2.45) is 0 Å². The Morgan fingerprint density at radius 3 is 2.07 bits per heavy atom. The fourth-order valence-corrected chi connectivity index (χ4v) is 5.03. The average molecular weight is 401 g/mol. The van der Waals surface area contributed by atoms with Crippen LogP contribution in [0.1, 0.15) is 23.2 Å². The van der Waals surface area contributed by atoms with E-state index in [1.807, 2.05) is 9.80 Å². The maximum Gasteiger partial charge on any atom is 0.253 e. The number of carbonyl (C=O) groups excluding carboxylic acids is 1. The summed E-state index contributed by atoms with van der Waals surface area (Å²) in [4.78, 5) is 24.9. The van der Waals surface area contributed by atoms with Crippen LogP contribution < -0.4 is 4.90 Å². The maximum absolute atomic E-state index is 12.9. The zero-order valence-corrected chi connectivity index (χ0v) is 16.4. The third-order valence-electron chi connectivity index (χ3n) is 5.21. The summed E-state index contributed by atoms with van der Waals surface area (Å²) in [5.41, 5.74) is 0.534. The van der Waals surface area contributed by atoms with Gasteiger partial charge in [0.25, 0.3) is 5.91 Å². The van der Waals surface area contributed by atoms with E-state index in [0.717, 1.165) is 25.9 Å². The number of carbonyl (C=O) groups is 1. The number of likely N-dealkylation sites (tertiary alicyclic amines) is 1. The van der Waals surface area contributed by atoms with Crippen molar-refractivity contribution >= 4 is 21.9 Å². The molecule has 0 spiro atoms. The minimum atomic E-state index is -3.59. The lowest BCUT2D eigenvalue weighted by Crippen LogP contribution is -2.49. The summed E-state index contributed by atoms with van der Waals surface area (Å²) >= 11 is 0. The van der Waals surface area contributed by atoms with E-state index < -0.39 is 10.0 Å². The van der Waals surface area contributed by atoms with E-state index in [4.69, 9.17) is 0 Å². The maximum atomic E-state index is 12.9. The highest BCUT2D eigenvalue weighted by atomic mass is 32.2. The molecule has 0 bridgehead atoms. The SMILES string of the molecule is O=C(c1ccc(S(=O)(=O)N2CCN(c3ncccn3)CC2)cc1)N1CCCC1. The van der Waals surface area contributed by atoms with Crippen LogP contribution in [0.2, 0.25) is 0 Å². The zero-order chi connectivity index (χ0) is 19.6. The second-order valence-corrected chi connectivity index (χ2v) is 8.90. The fourth-order valence-electron chi connectivity index (χ4n) is 3.60. The van der Waals surface area contributed by atoms with Crippen LogP contribution in [0.25, 0.3) is 0 Å². The number of benzene rings is 1. The highest BCUT2D eigenvalue weighted by Crippen LogP contribution is 2.21. The number of anilines is 1. The van der Waals surface area contributed by atoms with E-state index >= 15 is 0 Å². The number of piperazine rings is 1. The number of nitrogens with zero attached hydrogens (tertiary/aromatic N) is 5. The lowest BCUT2D eigenvalue weighted by molar-refractivity contribution is 0.0792. The minimum Gasteiger partial charge on any atom is -0.339 e. The van der Waals surface area contributed by atoms with Gasteiger partial charge in [0.15, 0.2) is 0 Å². The first-order chi connectivity index (χ1) is 13.6. The Kier molecular flexibility index (Phi) is 5.27. The predicted octanol–water partition coefficient (Wildman–Crippen LogP) is 1.22. The summed E-state index contributed by atoms with van der Waals surface area (Å²) in [5.74, 6) is 0.585. The molecular weight excluding hydrogens is 378 g/mol. The Labute approximate surface area is 164 Å². The Morgan fingerprint density at radius 2 is 1.46 bits per heavy atom. The molecule has 28 heavy (non-hydrogen) atoms. The predicted molar refractivity (Wildman–Crippen MR) is 105 cm³/mol. The molecule has 3 heterocycles. The van der Waals surface area contributed by atoms with Crippen LogP contribution in [0, 0.1) is 0 Å². The molecule has 2 aromatic rings. The van der Waals surface area contributed by atoms with E-state index in [2.05, 4.69) is 9.97 Å². The van der Waals surface area contributed by atoms with Crippen molar-refractivity contribution in [1.82, 2.24) is 19.2 Å². The lowest BCUT2D eigenvalue weighted by atomic mass is 10.2. The number of amides is 1. The third-order valence-corrected chi connectivity index (χ3v) is 7.12. The van der Waals surface area contributed by atoms with Crippen molar-refractivity contribution in [3.05, 3.63) is 48.3 Å². The van der Waals surface area contributed by atoms with Gasteiger partial charge in [-0.1, -0.05) is 0 Å². The molecule has 0 atom stereocenters. The van der Waals surface area contributed by atoms with E-state index in [1.165, 1.54) is 16.4 Å². The molecule has 0 radical (unpaired) electrons. The van der Waals surface area contributed by atoms with Crippen LogP contribution in [0.3, 0.4) is 0 Å². The molecule has 2 fully saturated rings. The van der Waals surface area contributed by atoms with Crippen molar-refractivity contribution in [2.75, 3.05) is 44.2 Å². The van der Waals surface area contributed by atoms with E-state index in [1.54, 1.807) is 30.6 Å². The third kappa shape index (κ3) is 3.72. The van der Waals surface area contributed by atoms with Gasteiger partial charge in [-0.3, -0.25) is 4.79 Å². The summed E-state index contributed by atoms with van der Waals surface area (Å²) in [6.07, 6.45) is 5.41. The first-order valence-corrected chi connectivity index (χ1v) is 10.9. The molecule has 0 aliphatic carbocycles. The second-order valence-electron chi connectivity index (χ2n) is 6.96. The van der Waals surface area contributed by atoms with Crippen molar-refractivity contribution in [1.29, 1.82) is 0 Å². The average Bonchev–Trinajstić information content (AvgIpc) is 3.29. The molecule has 2 aliphatic rings. The highest BCUT2D eigenvalue weighted by Gasteiger charge is 2.29. The molecule has 148 valence electrons. The molecular formula is C19H23N5O3S. The molecule has 2 aliphatic heterocycles. The van der Waals surface area contributed by atoms with Gasteiger partial charge in [-0.25, -0.2) is 18.4 Å². The molecule has 9 heteroatoms. The summed E-state index contributed by atoms with van der Waals surface area (Å²) in [7, 11) is -3.59. The van der Waals surface area contributed by atoms with Gasteiger partial charge in [0, 0.05) is 57.2 Å². The first kappa shape index (κ1) is 18.8. The Morgan fingerprint density at radius 1 is 0.857 bits per heavy atom.